The zero-order chi connectivity index (χ0) is 48.2. The number of morpholine rings is 2. The SMILES string of the molecule is O=C(O)NC[C@@H](CC1CCCC1)C(=O)NNc1nc(Cl)nc(N2CCN3CCOC[C@@H]3C2)c1F.O=C(O)NC[C@@H](CC1CCCC1)C(=O)NNc1nc(Cl)nc(N2CCN3CCOC[C@@H]3C2)c1F. The molecule has 2 aromatic heterocycles. The second-order valence-corrected chi connectivity index (χ2v) is 18.8. The number of nitrogens with one attached hydrogen (secondary N) is 6. The molecule has 0 radical (unpaired) electrons. The summed E-state index contributed by atoms with van der Waals surface area (Å²) in [5.41, 5.74) is 10.0. The van der Waals surface area contributed by atoms with Gasteiger partial charge >= 0.3 is 12.2 Å². The molecule has 4 saturated heterocycles. The van der Waals surface area contributed by atoms with Gasteiger partial charge in [-0.3, -0.25) is 41.1 Å². The van der Waals surface area contributed by atoms with Crippen LogP contribution < -0.4 is 42.1 Å². The highest BCUT2D eigenvalue weighted by Gasteiger charge is 2.35. The van der Waals surface area contributed by atoms with Crippen LogP contribution in [-0.2, 0) is 19.1 Å². The average molecular weight is 1000 g/mol. The van der Waals surface area contributed by atoms with Crippen molar-refractivity contribution in [1.29, 1.82) is 0 Å². The van der Waals surface area contributed by atoms with E-state index in [9.17, 15) is 19.2 Å². The summed E-state index contributed by atoms with van der Waals surface area (Å²) in [6.45, 7) is 7.96. The molecule has 2 aromatic rings. The zero-order valence-corrected chi connectivity index (χ0v) is 39.4. The summed E-state index contributed by atoms with van der Waals surface area (Å²) in [5.74, 6) is -3.11. The molecule has 0 unspecified atom stereocenters. The first-order chi connectivity index (χ1) is 32.8. The second-order valence-electron chi connectivity index (χ2n) is 18.1. The molecule has 2 aliphatic carbocycles. The van der Waals surface area contributed by atoms with Gasteiger partial charge in [0.05, 0.1) is 50.3 Å². The molecule has 6 fully saturated rings. The molecule has 376 valence electrons. The number of anilines is 4. The smallest absolute Gasteiger partial charge is 0.404 e. The van der Waals surface area contributed by atoms with Crippen molar-refractivity contribution < 1.29 is 47.6 Å². The monoisotopic (exact) mass is 998 g/mol. The Bertz CT molecular complexity index is 1920. The van der Waals surface area contributed by atoms with Crippen LogP contribution in [0.5, 0.6) is 0 Å². The van der Waals surface area contributed by atoms with Gasteiger partial charge in [0.25, 0.3) is 0 Å². The van der Waals surface area contributed by atoms with E-state index in [1.807, 2.05) is 9.80 Å². The van der Waals surface area contributed by atoms with E-state index in [2.05, 4.69) is 62.1 Å². The summed E-state index contributed by atoms with van der Waals surface area (Å²) < 4.78 is 41.7. The summed E-state index contributed by atoms with van der Waals surface area (Å²) in [6.07, 6.45) is 7.23. The van der Waals surface area contributed by atoms with Crippen LogP contribution in [0, 0.1) is 35.3 Å². The van der Waals surface area contributed by atoms with Gasteiger partial charge in [-0.25, -0.2) is 9.59 Å². The number of rotatable bonds is 16. The lowest BCUT2D eigenvalue weighted by atomic mass is 9.92. The Kier molecular flexibility index (Phi) is 18.4. The molecule has 0 aromatic carbocycles. The van der Waals surface area contributed by atoms with Gasteiger partial charge in [-0.05, 0) is 47.9 Å². The lowest BCUT2D eigenvalue weighted by Crippen LogP contribution is -2.58. The molecule has 0 spiro atoms. The maximum atomic E-state index is 15.3. The number of carboxylic acid groups (broad SMARTS) is 2. The Balaban J connectivity index is 0.000000201. The lowest BCUT2D eigenvalue weighted by Gasteiger charge is -2.44. The molecule has 0 bridgehead atoms. The van der Waals surface area contributed by atoms with Crippen molar-refractivity contribution in [1.82, 2.24) is 51.2 Å². The fraction of sp³-hybridized carbons (Fsp3) is 0.714. The van der Waals surface area contributed by atoms with Crippen molar-refractivity contribution in [3.05, 3.63) is 22.2 Å². The zero-order valence-electron chi connectivity index (χ0n) is 37.9. The molecule has 4 amide bonds. The molecule has 68 heavy (non-hydrogen) atoms. The van der Waals surface area contributed by atoms with Gasteiger partial charge in [0.15, 0.2) is 23.3 Å². The number of fused-ring (bicyclic) bond motifs is 2. The maximum absolute atomic E-state index is 15.3. The maximum Gasteiger partial charge on any atom is 0.404 e. The molecular formula is C42H62Cl2F2N14O8. The van der Waals surface area contributed by atoms with Gasteiger partial charge in [0, 0.05) is 65.4 Å². The number of ether oxygens (including phenoxy) is 2. The summed E-state index contributed by atoms with van der Waals surface area (Å²) in [7, 11) is 0. The van der Waals surface area contributed by atoms with Crippen LogP contribution in [0.4, 0.5) is 41.6 Å². The topological polar surface area (TPSA) is 264 Å². The molecule has 8 N–H and O–H groups in total. The van der Waals surface area contributed by atoms with Crippen LogP contribution in [0.15, 0.2) is 0 Å². The highest BCUT2D eigenvalue weighted by molar-refractivity contribution is 6.28. The summed E-state index contributed by atoms with van der Waals surface area (Å²) in [4.78, 5) is 71.8. The van der Waals surface area contributed by atoms with E-state index in [4.69, 9.17) is 42.9 Å². The van der Waals surface area contributed by atoms with Gasteiger partial charge in [-0.2, -0.15) is 28.7 Å². The van der Waals surface area contributed by atoms with E-state index < -0.39 is 47.5 Å². The predicted octanol–water partition coefficient (Wildman–Crippen LogP) is 3.39. The van der Waals surface area contributed by atoms with Crippen LogP contribution in [0.2, 0.25) is 10.6 Å². The summed E-state index contributed by atoms with van der Waals surface area (Å²) in [5, 5.41) is 22.2. The Morgan fingerprint density at radius 3 is 1.40 bits per heavy atom. The van der Waals surface area contributed by atoms with E-state index in [0.717, 1.165) is 77.5 Å². The van der Waals surface area contributed by atoms with Crippen LogP contribution in [0.3, 0.4) is 0 Å². The summed E-state index contributed by atoms with van der Waals surface area (Å²) in [6, 6.07) is 0.287. The number of nitrogens with zero attached hydrogens (tertiary/aromatic N) is 8. The van der Waals surface area contributed by atoms with E-state index in [1.165, 1.54) is 0 Å². The Morgan fingerprint density at radius 1 is 0.618 bits per heavy atom. The fourth-order valence-electron chi connectivity index (χ4n) is 10.0. The van der Waals surface area contributed by atoms with Crippen molar-refractivity contribution in [3.8, 4) is 0 Å². The first-order valence-corrected chi connectivity index (χ1v) is 24.2. The van der Waals surface area contributed by atoms with Crippen molar-refractivity contribution in [2.45, 2.75) is 76.3 Å². The number of halogens is 4. The average Bonchev–Trinajstić information content (AvgIpc) is 4.07. The van der Waals surface area contributed by atoms with Crippen molar-refractivity contribution in [3.63, 3.8) is 0 Å². The Morgan fingerprint density at radius 2 is 1.01 bits per heavy atom. The highest BCUT2D eigenvalue weighted by atomic mass is 35.5. The van der Waals surface area contributed by atoms with Crippen molar-refractivity contribution in [2.24, 2.45) is 23.7 Å². The quantitative estimate of drug-likeness (QED) is 0.0885. The van der Waals surface area contributed by atoms with Gasteiger partial charge in [0.2, 0.25) is 34.0 Å². The van der Waals surface area contributed by atoms with E-state index in [-0.39, 0.29) is 59.0 Å². The highest BCUT2D eigenvalue weighted by Crippen LogP contribution is 2.33. The minimum Gasteiger partial charge on any atom is -0.465 e. The number of carbonyl (C=O) groups is 4. The Hall–Kier alpha value is -4.88. The number of piperazine rings is 2. The first-order valence-electron chi connectivity index (χ1n) is 23.5. The predicted molar refractivity (Wildman–Crippen MR) is 247 cm³/mol. The molecule has 22 nitrogen and oxygen atoms in total. The fourth-order valence-corrected chi connectivity index (χ4v) is 10.3. The third-order valence-electron chi connectivity index (χ3n) is 13.6. The van der Waals surface area contributed by atoms with Crippen molar-refractivity contribution in [2.75, 3.05) is 113 Å². The molecule has 6 aliphatic rings. The van der Waals surface area contributed by atoms with Crippen molar-refractivity contribution >= 4 is 70.5 Å². The third kappa shape index (κ3) is 14.1. The van der Waals surface area contributed by atoms with Crippen LogP contribution >= 0.6 is 23.2 Å². The molecule has 4 aliphatic heterocycles. The molecular weight excluding hydrogens is 937 g/mol. The molecule has 4 atom stereocenters. The Labute approximate surface area is 402 Å². The number of amides is 4. The van der Waals surface area contributed by atoms with E-state index in [0.29, 0.717) is 77.3 Å². The lowest BCUT2D eigenvalue weighted by molar-refractivity contribution is -0.125. The standard InChI is InChI=1S/2C21H31ClFN7O4/c2*22-20-25-17(16(23)18(26-20)30-6-5-29-7-8-34-12-15(29)11-30)27-28-19(31)14(10-24-21(32)33)9-13-3-1-2-4-13/h2*13-15,24H,1-12H2,(H,28,31)(H,32,33)(H,25,26,27)/t2*14-,15+/m11/s1. The minimum absolute atomic E-state index is 0.0225. The van der Waals surface area contributed by atoms with Gasteiger partial charge in [-0.1, -0.05) is 51.4 Å². The van der Waals surface area contributed by atoms with Gasteiger partial charge in [0.1, 0.15) is 0 Å². The second kappa shape index (κ2) is 24.6. The van der Waals surface area contributed by atoms with Crippen LogP contribution in [0.1, 0.15) is 64.2 Å². The largest absolute Gasteiger partial charge is 0.465 e. The van der Waals surface area contributed by atoms with Gasteiger partial charge in [-0.15, -0.1) is 0 Å². The van der Waals surface area contributed by atoms with E-state index in [1.54, 1.807) is 0 Å². The van der Waals surface area contributed by atoms with Gasteiger partial charge < -0.3 is 40.1 Å². The summed E-state index contributed by atoms with van der Waals surface area (Å²) >= 11 is 12.2. The number of hydrazine groups is 2. The van der Waals surface area contributed by atoms with E-state index >= 15 is 8.78 Å². The van der Waals surface area contributed by atoms with Crippen LogP contribution in [0.25, 0.3) is 0 Å². The number of hydrogen-bond donors (Lipinski definition) is 8. The first kappa shape index (κ1) is 51.0. The minimum atomic E-state index is -1.20. The molecule has 6 heterocycles. The normalized spacial score (nSPS) is 22.2. The third-order valence-corrected chi connectivity index (χ3v) is 14.0. The number of carbonyl (C=O) groups excluding carboxylic acids is 2. The molecule has 8 rings (SSSR count). The molecule has 2 saturated carbocycles. The van der Waals surface area contributed by atoms with Crippen LogP contribution in [-0.4, -0.2) is 168 Å². The number of aromatic nitrogens is 4. The molecule has 26 heteroatoms. The number of hydrogen-bond acceptors (Lipinski definition) is 16.